The van der Waals surface area contributed by atoms with Crippen molar-refractivity contribution in [2.45, 2.75) is 84.7 Å². The average molecular weight is 412 g/mol. The van der Waals surface area contributed by atoms with Crippen molar-refractivity contribution < 1.29 is 5.11 Å². The van der Waals surface area contributed by atoms with Crippen LogP contribution in [0.5, 0.6) is 0 Å². The molecule has 168 valence electrons. The van der Waals surface area contributed by atoms with E-state index in [-0.39, 0.29) is 6.10 Å². The first-order chi connectivity index (χ1) is 14.5. The molecule has 0 amide bonds. The molecule has 2 rings (SSSR count). The molecule has 1 fully saturated rings. The van der Waals surface area contributed by atoms with Crippen LogP contribution >= 0.6 is 0 Å². The first kappa shape index (κ1) is 24.7. The van der Waals surface area contributed by atoms with Crippen molar-refractivity contribution >= 4 is 0 Å². The highest BCUT2D eigenvalue weighted by Crippen LogP contribution is 2.44. The van der Waals surface area contributed by atoms with Gasteiger partial charge in [-0.05, 0) is 88.4 Å². The molecular formula is C28H45NO. The molecule has 0 aromatic heterocycles. The van der Waals surface area contributed by atoms with Gasteiger partial charge >= 0.3 is 0 Å². The Bertz CT molecular complexity index is 627. The summed E-state index contributed by atoms with van der Waals surface area (Å²) in [5, 5.41) is 13.8. The summed E-state index contributed by atoms with van der Waals surface area (Å²) in [4.78, 5) is 0. The van der Waals surface area contributed by atoms with Gasteiger partial charge in [-0.1, -0.05) is 68.5 Å². The SMILES string of the molecule is C=C(CCC/C=C\C[C@@H]1C(/C=C/[C@@H](O)CCC2=CCCC=C2)[C@H](C)C[C@@H]1C)NCC. The van der Waals surface area contributed by atoms with Gasteiger partial charge in [-0.25, -0.2) is 0 Å². The second-order valence-electron chi connectivity index (χ2n) is 9.41. The van der Waals surface area contributed by atoms with E-state index in [2.05, 4.69) is 75.2 Å². The van der Waals surface area contributed by atoms with E-state index in [1.165, 1.54) is 18.4 Å². The lowest BCUT2D eigenvalue weighted by Crippen LogP contribution is -2.14. The zero-order chi connectivity index (χ0) is 21.8. The Morgan fingerprint density at radius 1 is 1.27 bits per heavy atom. The van der Waals surface area contributed by atoms with E-state index in [0.717, 1.165) is 63.1 Å². The molecule has 1 unspecified atom stereocenters. The van der Waals surface area contributed by atoms with Crippen LogP contribution in [0.15, 0.2) is 60.4 Å². The van der Waals surface area contributed by atoms with Crippen molar-refractivity contribution in [1.82, 2.24) is 5.32 Å². The second kappa shape index (κ2) is 13.7. The zero-order valence-corrected chi connectivity index (χ0v) is 19.7. The molecule has 2 heteroatoms. The molecular weight excluding hydrogens is 366 g/mol. The maximum absolute atomic E-state index is 10.5. The summed E-state index contributed by atoms with van der Waals surface area (Å²) in [5.74, 6) is 2.74. The maximum Gasteiger partial charge on any atom is 0.0724 e. The van der Waals surface area contributed by atoms with Crippen LogP contribution in [-0.4, -0.2) is 17.8 Å². The van der Waals surface area contributed by atoms with Crippen molar-refractivity contribution in [2.24, 2.45) is 23.7 Å². The highest BCUT2D eigenvalue weighted by Gasteiger charge is 2.36. The van der Waals surface area contributed by atoms with Gasteiger partial charge in [0.2, 0.25) is 0 Å². The van der Waals surface area contributed by atoms with Gasteiger partial charge in [-0.2, -0.15) is 0 Å². The lowest BCUT2D eigenvalue weighted by molar-refractivity contribution is 0.211. The predicted octanol–water partition coefficient (Wildman–Crippen LogP) is 7.11. The largest absolute Gasteiger partial charge is 0.389 e. The third kappa shape index (κ3) is 8.68. The fourth-order valence-corrected chi connectivity index (χ4v) is 5.10. The Morgan fingerprint density at radius 2 is 2.10 bits per heavy atom. The number of rotatable bonds is 13. The molecule has 2 nitrogen and oxygen atoms in total. The molecule has 5 atom stereocenters. The van der Waals surface area contributed by atoms with Gasteiger partial charge in [-0.15, -0.1) is 0 Å². The third-order valence-electron chi connectivity index (χ3n) is 6.83. The average Bonchev–Trinajstić information content (AvgIpc) is 3.00. The van der Waals surface area contributed by atoms with Crippen molar-refractivity contribution in [1.29, 1.82) is 0 Å². The number of hydrogen-bond donors (Lipinski definition) is 2. The quantitative estimate of drug-likeness (QED) is 0.250. The summed E-state index contributed by atoms with van der Waals surface area (Å²) >= 11 is 0. The van der Waals surface area contributed by atoms with Crippen molar-refractivity contribution in [3.8, 4) is 0 Å². The molecule has 0 aromatic rings. The Balaban J connectivity index is 1.76. The third-order valence-corrected chi connectivity index (χ3v) is 6.83. The van der Waals surface area contributed by atoms with E-state index in [4.69, 9.17) is 0 Å². The normalized spacial score (nSPS) is 27.7. The van der Waals surface area contributed by atoms with Gasteiger partial charge in [-0.3, -0.25) is 0 Å². The smallest absolute Gasteiger partial charge is 0.0724 e. The van der Waals surface area contributed by atoms with Crippen molar-refractivity contribution in [3.63, 3.8) is 0 Å². The molecule has 30 heavy (non-hydrogen) atoms. The molecule has 1 saturated carbocycles. The Kier molecular flexibility index (Phi) is 11.3. The fourth-order valence-electron chi connectivity index (χ4n) is 5.10. The summed E-state index contributed by atoms with van der Waals surface area (Å²) in [6.45, 7) is 11.9. The molecule has 0 bridgehead atoms. The summed E-state index contributed by atoms with van der Waals surface area (Å²) in [5.41, 5.74) is 2.54. The fraction of sp³-hybridized carbons (Fsp3) is 0.643. The maximum atomic E-state index is 10.5. The number of nitrogens with one attached hydrogen (secondary N) is 1. The van der Waals surface area contributed by atoms with E-state index >= 15 is 0 Å². The molecule has 2 N–H and O–H groups in total. The monoisotopic (exact) mass is 411 g/mol. The van der Waals surface area contributed by atoms with Crippen LogP contribution in [0.3, 0.4) is 0 Å². The highest BCUT2D eigenvalue weighted by molar-refractivity contribution is 5.22. The van der Waals surface area contributed by atoms with Crippen LogP contribution in [0.1, 0.15) is 78.6 Å². The first-order valence-electron chi connectivity index (χ1n) is 12.3. The first-order valence-corrected chi connectivity index (χ1v) is 12.3. The van der Waals surface area contributed by atoms with E-state index < -0.39 is 0 Å². The Hall–Kier alpha value is -1.54. The summed E-state index contributed by atoms with van der Waals surface area (Å²) < 4.78 is 0. The highest BCUT2D eigenvalue weighted by atomic mass is 16.3. The van der Waals surface area contributed by atoms with Crippen molar-refractivity contribution in [3.05, 3.63) is 60.4 Å². The van der Waals surface area contributed by atoms with E-state index in [9.17, 15) is 5.11 Å². The van der Waals surface area contributed by atoms with E-state index in [1.807, 2.05) is 0 Å². The molecule has 0 heterocycles. The van der Waals surface area contributed by atoms with Gasteiger partial charge in [0.1, 0.15) is 0 Å². The Morgan fingerprint density at radius 3 is 2.83 bits per heavy atom. The van der Waals surface area contributed by atoms with E-state index in [0.29, 0.717) is 17.8 Å². The molecule has 0 saturated heterocycles. The van der Waals surface area contributed by atoms with Gasteiger partial charge in [0.25, 0.3) is 0 Å². The Labute approximate surface area is 185 Å². The summed E-state index contributed by atoms with van der Waals surface area (Å²) in [6, 6.07) is 0. The number of hydrogen-bond acceptors (Lipinski definition) is 2. The van der Waals surface area contributed by atoms with Gasteiger partial charge in [0.05, 0.1) is 6.10 Å². The van der Waals surface area contributed by atoms with Crippen LogP contribution in [-0.2, 0) is 0 Å². The van der Waals surface area contributed by atoms with Gasteiger partial charge in [0, 0.05) is 12.2 Å². The minimum absolute atomic E-state index is 0.328. The lowest BCUT2D eigenvalue weighted by atomic mass is 9.84. The number of aliphatic hydroxyl groups is 1. The van der Waals surface area contributed by atoms with Crippen LogP contribution in [0.25, 0.3) is 0 Å². The predicted molar refractivity (Wildman–Crippen MR) is 131 cm³/mol. The van der Waals surface area contributed by atoms with Crippen LogP contribution in [0, 0.1) is 23.7 Å². The van der Waals surface area contributed by atoms with Gasteiger partial charge < -0.3 is 10.4 Å². The van der Waals surface area contributed by atoms with Crippen molar-refractivity contribution in [2.75, 3.05) is 6.54 Å². The zero-order valence-electron chi connectivity index (χ0n) is 19.7. The molecule has 2 aliphatic carbocycles. The van der Waals surface area contributed by atoms with Gasteiger partial charge in [0.15, 0.2) is 0 Å². The molecule has 0 spiro atoms. The van der Waals surface area contributed by atoms with Crippen LogP contribution in [0.2, 0.25) is 0 Å². The number of aliphatic hydroxyl groups excluding tert-OH is 1. The van der Waals surface area contributed by atoms with E-state index in [1.54, 1.807) is 0 Å². The second-order valence-corrected chi connectivity index (χ2v) is 9.41. The lowest BCUT2D eigenvalue weighted by Gasteiger charge is -2.21. The summed E-state index contributed by atoms with van der Waals surface area (Å²) in [7, 11) is 0. The standard InChI is InChI=1S/C28H45NO/c1-5-29-24(4)13-9-6-7-12-16-27-22(2)21-23(3)28(27)20-19-26(30)18-17-25-14-10-8-11-15-25/h7,10,12,14-15,19-20,22-23,26-30H,4-6,8-9,11,13,16-18,21H2,1-3H3/b12-7-,20-19+/t22-,23+,26-,27-,28?/m0/s1. The number of allylic oxidation sites excluding steroid dienone is 8. The minimum Gasteiger partial charge on any atom is -0.389 e. The summed E-state index contributed by atoms with van der Waals surface area (Å²) in [6.07, 6.45) is 25.5. The molecule has 2 aliphatic rings. The number of unbranched alkanes of at least 4 members (excludes halogenated alkanes) is 1. The topological polar surface area (TPSA) is 32.3 Å². The molecule has 0 radical (unpaired) electrons. The van der Waals surface area contributed by atoms with Crippen LogP contribution in [0.4, 0.5) is 0 Å². The molecule has 0 aliphatic heterocycles. The molecule has 0 aromatic carbocycles. The van der Waals surface area contributed by atoms with Crippen LogP contribution < -0.4 is 5.32 Å². The minimum atomic E-state index is -0.328.